The van der Waals surface area contributed by atoms with Crippen LogP contribution in [0.5, 0.6) is 5.75 Å². The highest BCUT2D eigenvalue weighted by Crippen LogP contribution is 2.29. The largest absolute Gasteiger partial charge is 0.491 e. The number of aliphatic hydroxyl groups is 1. The maximum absolute atomic E-state index is 11.0. The summed E-state index contributed by atoms with van der Waals surface area (Å²) < 4.78 is 5.77. The van der Waals surface area contributed by atoms with Gasteiger partial charge in [0, 0.05) is 18.7 Å². The van der Waals surface area contributed by atoms with Crippen molar-refractivity contribution in [2.75, 3.05) is 13.1 Å². The maximum Gasteiger partial charge on any atom is 0.335 e. The van der Waals surface area contributed by atoms with E-state index in [4.69, 9.17) is 9.84 Å². The van der Waals surface area contributed by atoms with Crippen molar-refractivity contribution in [2.45, 2.75) is 51.9 Å². The normalized spacial score (nSPS) is 17.6. The SMILES string of the molecule is CC(C)Oc1ccc(CN2CCCC(c3ccc(C(=O)O)cc3)C2)cc1CO. The average molecular weight is 383 g/mol. The summed E-state index contributed by atoms with van der Waals surface area (Å²) >= 11 is 0. The van der Waals surface area contributed by atoms with E-state index in [1.165, 1.54) is 11.1 Å². The number of hydrogen-bond donors (Lipinski definition) is 2. The second kappa shape index (κ2) is 9.22. The van der Waals surface area contributed by atoms with Crippen molar-refractivity contribution < 1.29 is 19.7 Å². The summed E-state index contributed by atoms with van der Waals surface area (Å²) in [5, 5.41) is 18.7. The molecule has 0 bridgehead atoms. The Morgan fingerprint density at radius 3 is 2.61 bits per heavy atom. The Morgan fingerprint density at radius 2 is 1.96 bits per heavy atom. The number of aliphatic hydroxyl groups excluding tert-OH is 1. The number of carboxylic acids is 1. The Labute approximate surface area is 166 Å². The van der Waals surface area contributed by atoms with Crippen LogP contribution in [0.25, 0.3) is 0 Å². The molecule has 1 heterocycles. The second-order valence-corrected chi connectivity index (χ2v) is 7.77. The van der Waals surface area contributed by atoms with E-state index < -0.39 is 5.97 Å². The average Bonchev–Trinajstić information content (AvgIpc) is 2.69. The molecule has 2 aromatic rings. The molecule has 2 N–H and O–H groups in total. The van der Waals surface area contributed by atoms with Crippen LogP contribution < -0.4 is 4.74 Å². The van der Waals surface area contributed by atoms with Gasteiger partial charge in [-0.3, -0.25) is 4.90 Å². The smallest absolute Gasteiger partial charge is 0.335 e. The summed E-state index contributed by atoms with van der Waals surface area (Å²) in [4.78, 5) is 13.5. The van der Waals surface area contributed by atoms with Crippen LogP contribution in [0.15, 0.2) is 42.5 Å². The molecule has 28 heavy (non-hydrogen) atoms. The summed E-state index contributed by atoms with van der Waals surface area (Å²) in [5.41, 5.74) is 3.52. The predicted molar refractivity (Wildman–Crippen MR) is 109 cm³/mol. The van der Waals surface area contributed by atoms with Gasteiger partial charge in [0.05, 0.1) is 18.3 Å². The van der Waals surface area contributed by atoms with Crippen molar-refractivity contribution in [3.05, 3.63) is 64.7 Å². The van der Waals surface area contributed by atoms with Crippen molar-refractivity contribution >= 4 is 5.97 Å². The molecule has 1 aliphatic rings. The lowest BCUT2D eigenvalue weighted by Crippen LogP contribution is -2.33. The van der Waals surface area contributed by atoms with E-state index in [0.29, 0.717) is 11.5 Å². The Hall–Kier alpha value is -2.37. The second-order valence-electron chi connectivity index (χ2n) is 7.77. The quantitative estimate of drug-likeness (QED) is 0.755. The zero-order valence-corrected chi connectivity index (χ0v) is 16.6. The molecule has 1 saturated heterocycles. The third-order valence-corrected chi connectivity index (χ3v) is 5.20. The molecule has 0 aliphatic carbocycles. The molecule has 0 aromatic heterocycles. The fraction of sp³-hybridized carbons (Fsp3) is 0.435. The predicted octanol–water partition coefficient (Wildman–Crippen LogP) is 4.04. The molecule has 0 saturated carbocycles. The van der Waals surface area contributed by atoms with Gasteiger partial charge in [-0.25, -0.2) is 4.79 Å². The van der Waals surface area contributed by atoms with Gasteiger partial charge in [0.1, 0.15) is 5.75 Å². The van der Waals surface area contributed by atoms with Crippen LogP contribution in [0, 0.1) is 0 Å². The number of rotatable bonds is 7. The van der Waals surface area contributed by atoms with E-state index in [2.05, 4.69) is 11.0 Å². The molecule has 5 nitrogen and oxygen atoms in total. The van der Waals surface area contributed by atoms with Crippen molar-refractivity contribution in [3.8, 4) is 5.75 Å². The van der Waals surface area contributed by atoms with Crippen molar-refractivity contribution in [1.29, 1.82) is 0 Å². The highest BCUT2D eigenvalue weighted by molar-refractivity contribution is 5.87. The highest BCUT2D eigenvalue weighted by atomic mass is 16.5. The number of carboxylic acid groups (broad SMARTS) is 1. The third kappa shape index (κ3) is 5.12. The zero-order valence-electron chi connectivity index (χ0n) is 16.6. The standard InChI is InChI=1S/C23H29NO4/c1-16(2)28-22-10-5-17(12-21(22)15-25)13-24-11-3-4-20(14-24)18-6-8-19(9-7-18)23(26)27/h5-10,12,16,20,25H,3-4,11,13-15H2,1-2H3,(H,26,27). The maximum atomic E-state index is 11.0. The molecule has 150 valence electrons. The molecule has 3 rings (SSSR count). The zero-order chi connectivity index (χ0) is 20.1. The fourth-order valence-corrected chi connectivity index (χ4v) is 3.85. The molecule has 0 spiro atoms. The van der Waals surface area contributed by atoms with Crippen LogP contribution in [0.3, 0.4) is 0 Å². The first-order valence-corrected chi connectivity index (χ1v) is 9.91. The van der Waals surface area contributed by atoms with Gasteiger partial charge in [-0.2, -0.15) is 0 Å². The van der Waals surface area contributed by atoms with Gasteiger partial charge in [0.15, 0.2) is 0 Å². The Balaban J connectivity index is 1.67. The van der Waals surface area contributed by atoms with Gasteiger partial charge in [0.2, 0.25) is 0 Å². The number of benzene rings is 2. The van der Waals surface area contributed by atoms with Crippen LogP contribution in [0.1, 0.15) is 59.7 Å². The van der Waals surface area contributed by atoms with E-state index in [0.717, 1.165) is 43.8 Å². The lowest BCUT2D eigenvalue weighted by atomic mass is 9.90. The lowest BCUT2D eigenvalue weighted by Gasteiger charge is -2.33. The monoisotopic (exact) mass is 383 g/mol. The van der Waals surface area contributed by atoms with Crippen LogP contribution in [-0.4, -0.2) is 40.3 Å². The van der Waals surface area contributed by atoms with E-state index in [1.54, 1.807) is 12.1 Å². The molecular formula is C23H29NO4. The molecular weight excluding hydrogens is 354 g/mol. The minimum Gasteiger partial charge on any atom is -0.491 e. The van der Waals surface area contributed by atoms with Gasteiger partial charge in [0.25, 0.3) is 0 Å². The molecule has 1 atom stereocenters. The van der Waals surface area contributed by atoms with E-state index in [9.17, 15) is 9.90 Å². The number of nitrogens with zero attached hydrogens (tertiary/aromatic N) is 1. The Bertz CT molecular complexity index is 801. The molecule has 1 aliphatic heterocycles. The lowest BCUT2D eigenvalue weighted by molar-refractivity contribution is 0.0697. The fourth-order valence-electron chi connectivity index (χ4n) is 3.85. The minimum absolute atomic E-state index is 0.0333. The van der Waals surface area contributed by atoms with Crippen molar-refractivity contribution in [2.24, 2.45) is 0 Å². The minimum atomic E-state index is -0.888. The number of hydrogen-bond acceptors (Lipinski definition) is 4. The molecule has 0 amide bonds. The van der Waals surface area contributed by atoms with E-state index in [-0.39, 0.29) is 12.7 Å². The van der Waals surface area contributed by atoms with Crippen molar-refractivity contribution in [3.63, 3.8) is 0 Å². The van der Waals surface area contributed by atoms with Crippen LogP contribution in [-0.2, 0) is 13.2 Å². The van der Waals surface area contributed by atoms with Crippen LogP contribution >= 0.6 is 0 Å². The number of ether oxygens (including phenoxy) is 1. The Kier molecular flexibility index (Phi) is 6.70. The number of likely N-dealkylation sites (tertiary alicyclic amines) is 1. The summed E-state index contributed by atoms with van der Waals surface area (Å²) in [7, 11) is 0. The van der Waals surface area contributed by atoms with Crippen LogP contribution in [0.2, 0.25) is 0 Å². The number of aromatic carboxylic acids is 1. The van der Waals surface area contributed by atoms with Gasteiger partial charge >= 0.3 is 5.97 Å². The van der Waals surface area contributed by atoms with E-state index >= 15 is 0 Å². The summed E-state index contributed by atoms with van der Waals surface area (Å²) in [5.74, 6) is 0.273. The Morgan fingerprint density at radius 1 is 1.21 bits per heavy atom. The first-order valence-electron chi connectivity index (χ1n) is 9.91. The molecule has 1 unspecified atom stereocenters. The van der Waals surface area contributed by atoms with E-state index in [1.807, 2.05) is 38.1 Å². The van der Waals surface area contributed by atoms with Gasteiger partial charge in [-0.05, 0) is 74.5 Å². The summed E-state index contributed by atoms with van der Waals surface area (Å²) in [6, 6.07) is 13.3. The first-order chi connectivity index (χ1) is 13.5. The number of piperidine rings is 1. The first kappa shape index (κ1) is 20.4. The van der Waals surface area contributed by atoms with Gasteiger partial charge in [-0.1, -0.05) is 18.2 Å². The topological polar surface area (TPSA) is 70.0 Å². The van der Waals surface area contributed by atoms with Crippen molar-refractivity contribution in [1.82, 2.24) is 4.90 Å². The summed E-state index contributed by atoms with van der Waals surface area (Å²) in [6.07, 6.45) is 2.31. The number of carbonyl (C=O) groups is 1. The van der Waals surface area contributed by atoms with Gasteiger partial charge < -0.3 is 14.9 Å². The third-order valence-electron chi connectivity index (χ3n) is 5.20. The molecule has 0 radical (unpaired) electrons. The van der Waals surface area contributed by atoms with Crippen LogP contribution in [0.4, 0.5) is 0 Å². The molecule has 5 heteroatoms. The van der Waals surface area contributed by atoms with Gasteiger partial charge in [-0.15, -0.1) is 0 Å². The highest BCUT2D eigenvalue weighted by Gasteiger charge is 2.22. The summed E-state index contributed by atoms with van der Waals surface area (Å²) in [6.45, 7) is 6.75. The molecule has 2 aromatic carbocycles. The molecule has 1 fully saturated rings.